The summed E-state index contributed by atoms with van der Waals surface area (Å²) in [5.41, 5.74) is 0. The quantitative estimate of drug-likeness (QED) is 0.715. The average Bonchev–Trinajstić information content (AvgIpc) is 3.14. The predicted molar refractivity (Wildman–Crippen MR) is 71.2 cm³/mol. The van der Waals surface area contributed by atoms with Crippen LogP contribution >= 0.6 is 0 Å². The van der Waals surface area contributed by atoms with Crippen molar-refractivity contribution >= 4 is 0 Å². The van der Waals surface area contributed by atoms with Crippen LogP contribution in [0.15, 0.2) is 0 Å². The van der Waals surface area contributed by atoms with Crippen LogP contribution in [0.4, 0.5) is 0 Å². The number of hydrogen-bond acceptors (Lipinski definition) is 1. The molecule has 0 aliphatic heterocycles. The van der Waals surface area contributed by atoms with Gasteiger partial charge in [0.1, 0.15) is 0 Å². The molecule has 0 heterocycles. The first-order chi connectivity index (χ1) is 8.88. The first-order valence-electron chi connectivity index (χ1n) is 8.54. The summed E-state index contributed by atoms with van der Waals surface area (Å²) in [6.45, 7) is 0. The fourth-order valence-corrected chi connectivity index (χ4v) is 6.74. The highest BCUT2D eigenvalue weighted by Crippen LogP contribution is 2.60. The molecule has 0 aromatic rings. The van der Waals surface area contributed by atoms with E-state index in [1.807, 2.05) is 0 Å². The Balaban J connectivity index is 1.29. The smallest absolute Gasteiger partial charge is 0.0612 e. The van der Waals surface area contributed by atoms with Gasteiger partial charge in [-0.1, -0.05) is 6.42 Å². The molecule has 1 heteroatoms. The Bertz CT molecular complexity index is 352. The van der Waals surface area contributed by atoms with E-state index in [1.54, 1.807) is 6.42 Å². The molecule has 5 rings (SSSR count). The highest BCUT2D eigenvalue weighted by atomic mass is 16.5. The largest absolute Gasteiger partial charge is 0.374 e. The van der Waals surface area contributed by atoms with Crippen molar-refractivity contribution in [3.63, 3.8) is 0 Å². The highest BCUT2D eigenvalue weighted by Gasteiger charge is 2.55. The van der Waals surface area contributed by atoms with Crippen LogP contribution in [0.5, 0.6) is 0 Å². The zero-order valence-electron chi connectivity index (χ0n) is 11.4. The van der Waals surface area contributed by atoms with E-state index in [1.165, 1.54) is 51.4 Å². The summed E-state index contributed by atoms with van der Waals surface area (Å²) in [5.74, 6) is 6.22. The van der Waals surface area contributed by atoms with Crippen molar-refractivity contribution in [2.75, 3.05) is 0 Å². The minimum Gasteiger partial charge on any atom is -0.374 e. The zero-order chi connectivity index (χ0) is 11.7. The molecule has 100 valence electrons. The number of ether oxygens (including phenoxy) is 1. The normalized spacial score (nSPS) is 60.7. The van der Waals surface area contributed by atoms with Crippen molar-refractivity contribution in [1.29, 1.82) is 0 Å². The van der Waals surface area contributed by atoms with Gasteiger partial charge in [-0.15, -0.1) is 0 Å². The molecule has 8 unspecified atom stereocenters. The van der Waals surface area contributed by atoms with E-state index in [2.05, 4.69) is 0 Å². The van der Waals surface area contributed by atoms with Gasteiger partial charge in [0.25, 0.3) is 0 Å². The lowest BCUT2D eigenvalue weighted by atomic mass is 9.80. The third-order valence-corrected chi connectivity index (χ3v) is 7.39. The maximum absolute atomic E-state index is 6.65. The highest BCUT2D eigenvalue weighted by molar-refractivity contribution is 5.04. The number of hydrogen-bond donors (Lipinski definition) is 0. The summed E-state index contributed by atoms with van der Waals surface area (Å²) in [5, 5.41) is 0. The summed E-state index contributed by atoms with van der Waals surface area (Å²) in [6.07, 6.45) is 14.8. The summed E-state index contributed by atoms with van der Waals surface area (Å²) >= 11 is 0. The van der Waals surface area contributed by atoms with Crippen LogP contribution in [0.3, 0.4) is 0 Å². The maximum atomic E-state index is 6.65. The molecule has 0 radical (unpaired) electrons. The lowest BCUT2D eigenvalue weighted by Gasteiger charge is -2.35. The van der Waals surface area contributed by atoms with Crippen molar-refractivity contribution < 1.29 is 4.74 Å². The Morgan fingerprint density at radius 1 is 0.611 bits per heavy atom. The molecule has 5 saturated carbocycles. The molecule has 8 atom stereocenters. The molecule has 0 amide bonds. The van der Waals surface area contributed by atoms with Crippen LogP contribution in [0.25, 0.3) is 0 Å². The van der Waals surface area contributed by atoms with Crippen LogP contribution in [0, 0.1) is 35.5 Å². The van der Waals surface area contributed by atoms with Gasteiger partial charge in [-0.2, -0.15) is 0 Å². The van der Waals surface area contributed by atoms with E-state index in [0.29, 0.717) is 12.2 Å². The molecule has 1 nitrogen and oxygen atoms in total. The van der Waals surface area contributed by atoms with Crippen LogP contribution in [-0.4, -0.2) is 12.2 Å². The Labute approximate surface area is 111 Å². The lowest BCUT2D eigenvalue weighted by molar-refractivity contribution is -0.0774. The first-order valence-corrected chi connectivity index (χ1v) is 8.54. The van der Waals surface area contributed by atoms with Crippen LogP contribution in [-0.2, 0) is 4.74 Å². The van der Waals surface area contributed by atoms with Gasteiger partial charge in [0.2, 0.25) is 0 Å². The van der Waals surface area contributed by atoms with E-state index in [4.69, 9.17) is 4.74 Å². The summed E-state index contributed by atoms with van der Waals surface area (Å²) in [4.78, 5) is 0. The molecule has 0 saturated heterocycles. The summed E-state index contributed by atoms with van der Waals surface area (Å²) in [6, 6.07) is 0. The molecular formula is C17H26O. The molecule has 0 N–H and O–H groups in total. The molecule has 4 bridgehead atoms. The predicted octanol–water partition coefficient (Wildman–Crippen LogP) is 4.02. The molecule has 5 aliphatic rings. The van der Waals surface area contributed by atoms with Crippen LogP contribution in [0.1, 0.15) is 57.8 Å². The second-order valence-electron chi connectivity index (χ2n) is 8.04. The minimum atomic E-state index is 0.674. The third-order valence-electron chi connectivity index (χ3n) is 7.39. The van der Waals surface area contributed by atoms with E-state index in [-0.39, 0.29) is 0 Å². The van der Waals surface area contributed by atoms with E-state index in [0.717, 1.165) is 35.5 Å². The van der Waals surface area contributed by atoms with Gasteiger partial charge in [-0.05, 0) is 86.9 Å². The third kappa shape index (κ3) is 1.38. The molecule has 5 aliphatic carbocycles. The van der Waals surface area contributed by atoms with Gasteiger partial charge in [0.15, 0.2) is 0 Å². The molecular weight excluding hydrogens is 220 g/mol. The van der Waals surface area contributed by atoms with Gasteiger partial charge in [-0.25, -0.2) is 0 Å². The van der Waals surface area contributed by atoms with Gasteiger partial charge in [0, 0.05) is 0 Å². The Hall–Kier alpha value is -0.0400. The van der Waals surface area contributed by atoms with Gasteiger partial charge >= 0.3 is 0 Å². The maximum Gasteiger partial charge on any atom is 0.0612 e. The van der Waals surface area contributed by atoms with Crippen molar-refractivity contribution in [2.24, 2.45) is 35.5 Å². The SMILES string of the molecule is C1CC2C3CC(OC4CC5CCC4C5)C(C3)C2C1. The molecule has 5 fully saturated rings. The van der Waals surface area contributed by atoms with Gasteiger partial charge in [-0.3, -0.25) is 0 Å². The van der Waals surface area contributed by atoms with E-state index < -0.39 is 0 Å². The Morgan fingerprint density at radius 3 is 2.39 bits per heavy atom. The van der Waals surface area contributed by atoms with Crippen molar-refractivity contribution in [1.82, 2.24) is 0 Å². The van der Waals surface area contributed by atoms with E-state index in [9.17, 15) is 0 Å². The molecule has 0 aromatic heterocycles. The molecule has 0 aromatic carbocycles. The number of fused-ring (bicyclic) bond motifs is 7. The standard InChI is InChI=1S/C17H26O/c1-2-13-12-8-15(14(13)3-1)17(9-12)18-16-7-10-4-5-11(16)6-10/h10-17H,1-9H2. The second-order valence-corrected chi connectivity index (χ2v) is 8.04. The van der Waals surface area contributed by atoms with Crippen LogP contribution < -0.4 is 0 Å². The van der Waals surface area contributed by atoms with Gasteiger partial charge < -0.3 is 4.74 Å². The number of rotatable bonds is 2. The van der Waals surface area contributed by atoms with E-state index >= 15 is 0 Å². The van der Waals surface area contributed by atoms with Crippen molar-refractivity contribution in [3.05, 3.63) is 0 Å². The van der Waals surface area contributed by atoms with Crippen molar-refractivity contribution in [3.8, 4) is 0 Å². The van der Waals surface area contributed by atoms with Crippen molar-refractivity contribution in [2.45, 2.75) is 70.0 Å². The minimum absolute atomic E-state index is 0.674. The zero-order valence-corrected chi connectivity index (χ0v) is 11.4. The molecule has 0 spiro atoms. The first kappa shape index (κ1) is 10.7. The fraction of sp³-hybridized carbons (Fsp3) is 1.00. The second kappa shape index (κ2) is 3.75. The monoisotopic (exact) mass is 246 g/mol. The molecule has 18 heavy (non-hydrogen) atoms. The summed E-state index contributed by atoms with van der Waals surface area (Å²) in [7, 11) is 0. The Morgan fingerprint density at radius 2 is 1.56 bits per heavy atom. The Kier molecular flexibility index (Phi) is 2.23. The summed E-state index contributed by atoms with van der Waals surface area (Å²) < 4.78 is 6.65. The fourth-order valence-electron chi connectivity index (χ4n) is 6.74. The average molecular weight is 246 g/mol. The lowest BCUT2D eigenvalue weighted by Crippen LogP contribution is -2.35. The van der Waals surface area contributed by atoms with Crippen LogP contribution in [0.2, 0.25) is 0 Å². The van der Waals surface area contributed by atoms with Gasteiger partial charge in [0.05, 0.1) is 12.2 Å². The topological polar surface area (TPSA) is 9.23 Å².